The summed E-state index contributed by atoms with van der Waals surface area (Å²) in [6.07, 6.45) is -0.668. The molecule has 0 aliphatic carbocycles. The summed E-state index contributed by atoms with van der Waals surface area (Å²) in [6, 6.07) is 0. The largest absolute Gasteiger partial charge is 0.481 e. The number of aromatic nitrogens is 4. The van der Waals surface area contributed by atoms with Gasteiger partial charge >= 0.3 is 19.7 Å². The van der Waals surface area contributed by atoms with Crippen molar-refractivity contribution >= 4 is 36.7 Å². The Hall–Kier alpha value is -2.76. The number of aliphatic hydroxyl groups excluding tert-OH is 2. The molecule has 10 N–H and O–H groups in total. The first-order valence-electron chi connectivity index (χ1n) is 10.7. The van der Waals surface area contributed by atoms with Crippen LogP contribution in [0.1, 0.15) is 38.3 Å². The molecule has 0 amide bonds. The molecule has 3 heterocycles. The van der Waals surface area contributed by atoms with E-state index in [-0.39, 0.29) is 51.0 Å². The quantitative estimate of drug-likeness (QED) is 0.119. The highest BCUT2D eigenvalue weighted by atomic mass is 31.2. The van der Waals surface area contributed by atoms with Crippen LogP contribution in [0.2, 0.25) is 0 Å². The third-order valence-corrected chi connectivity index (χ3v) is 5.17. The van der Waals surface area contributed by atoms with Crippen LogP contribution < -0.4 is 11.2 Å². The normalized spacial score (nSPS) is 20.8. The molecular formula is C18H30N7O10P. The molecule has 0 radical (unpaired) electrons. The average molecular weight is 535 g/mol. The minimum absolute atomic E-state index is 0.0962. The van der Waals surface area contributed by atoms with Crippen LogP contribution in [0.5, 0.6) is 0 Å². The van der Waals surface area contributed by atoms with E-state index in [9.17, 15) is 19.8 Å². The minimum Gasteiger partial charge on any atom is -0.481 e. The lowest BCUT2D eigenvalue weighted by Crippen LogP contribution is -2.48. The fraction of sp³-hybridized carbons (Fsp3) is 0.611. The fourth-order valence-corrected chi connectivity index (χ4v) is 3.65. The zero-order valence-corrected chi connectivity index (χ0v) is 20.0. The van der Waals surface area contributed by atoms with Crippen LogP contribution in [0, 0.1) is 0 Å². The number of anilines is 1. The molecule has 2 aromatic rings. The number of nitrogens with two attached hydrogens (primary N) is 2. The van der Waals surface area contributed by atoms with E-state index in [1.54, 1.807) is 4.57 Å². The second-order valence-corrected chi connectivity index (χ2v) is 9.15. The van der Waals surface area contributed by atoms with Crippen molar-refractivity contribution in [2.45, 2.75) is 56.8 Å². The topological polar surface area (TPSA) is 281 Å². The van der Waals surface area contributed by atoms with Crippen LogP contribution in [-0.2, 0) is 18.9 Å². The van der Waals surface area contributed by atoms with E-state index in [0.29, 0.717) is 11.2 Å². The number of carboxylic acids is 2. The number of hydrogen-bond donors (Lipinski definition) is 8. The molecule has 1 unspecified atom stereocenters. The Morgan fingerprint density at radius 3 is 2.25 bits per heavy atom. The number of aliphatic hydroxyl groups is 2. The molecule has 3 rings (SSSR count). The fourth-order valence-electron chi connectivity index (χ4n) is 3.65. The van der Waals surface area contributed by atoms with Gasteiger partial charge in [-0.25, -0.2) is 25.0 Å². The third kappa shape index (κ3) is 9.03. The van der Waals surface area contributed by atoms with Gasteiger partial charge in [0.25, 0.3) is 0 Å². The molecular weight excluding hydrogens is 505 g/mol. The van der Waals surface area contributed by atoms with Crippen LogP contribution in [0.4, 0.5) is 5.82 Å². The maximum absolute atomic E-state index is 10.9. The molecule has 1 aliphatic rings. The smallest absolute Gasteiger partial charge is 0.397 e. The number of fused-ring (bicyclic) bond motifs is 1. The molecule has 1 fully saturated rings. The molecule has 0 spiro atoms. The molecule has 202 valence electrons. The number of ether oxygens (including phenoxy) is 1. The molecule has 17 nitrogen and oxygen atoms in total. The SMILES string of the molecule is NP(=O)(O)O.Nc1ncnc2c1ncn2[C@H]1C[C@H](O)[C@@H](C(O)N(CCCC(=O)O)CCCC(=O)O)O1. The van der Waals surface area contributed by atoms with E-state index in [0.717, 1.165) is 0 Å². The second kappa shape index (κ2) is 13.0. The predicted molar refractivity (Wildman–Crippen MR) is 122 cm³/mol. The monoisotopic (exact) mass is 535 g/mol. The maximum atomic E-state index is 10.9. The number of hydrogen-bond acceptors (Lipinski definition) is 11. The molecule has 4 atom stereocenters. The van der Waals surface area contributed by atoms with Crippen molar-refractivity contribution in [3.8, 4) is 0 Å². The summed E-state index contributed by atoms with van der Waals surface area (Å²) < 4.78 is 16.6. The number of rotatable bonds is 11. The van der Waals surface area contributed by atoms with Gasteiger partial charge in [-0.3, -0.25) is 19.1 Å². The van der Waals surface area contributed by atoms with E-state index >= 15 is 0 Å². The van der Waals surface area contributed by atoms with Gasteiger partial charge < -0.3 is 40.7 Å². The Labute approximate surface area is 204 Å². The lowest BCUT2D eigenvalue weighted by Gasteiger charge is -2.32. The van der Waals surface area contributed by atoms with E-state index in [1.165, 1.54) is 17.6 Å². The molecule has 18 heteroatoms. The third-order valence-electron chi connectivity index (χ3n) is 5.17. The Balaban J connectivity index is 0.000000830. The van der Waals surface area contributed by atoms with Gasteiger partial charge in [0.2, 0.25) is 0 Å². The lowest BCUT2D eigenvalue weighted by atomic mass is 10.1. The zero-order valence-electron chi connectivity index (χ0n) is 19.1. The number of nitrogens with zero attached hydrogens (tertiary/aromatic N) is 5. The number of carboxylic acid groups (broad SMARTS) is 2. The van der Waals surface area contributed by atoms with Gasteiger partial charge in [-0.2, -0.15) is 0 Å². The summed E-state index contributed by atoms with van der Waals surface area (Å²) in [5.74, 6) is -1.72. The lowest BCUT2D eigenvalue weighted by molar-refractivity contribution is -0.143. The molecule has 0 saturated carbocycles. The van der Waals surface area contributed by atoms with Crippen LogP contribution in [-0.4, -0.2) is 98.1 Å². The van der Waals surface area contributed by atoms with Crippen molar-refractivity contribution in [1.82, 2.24) is 24.4 Å². The number of imidazole rings is 1. The molecule has 0 aromatic carbocycles. The van der Waals surface area contributed by atoms with Gasteiger partial charge in [0.15, 0.2) is 11.5 Å². The van der Waals surface area contributed by atoms with Gasteiger partial charge in [0.1, 0.15) is 30.4 Å². The molecule has 1 aliphatic heterocycles. The van der Waals surface area contributed by atoms with Crippen molar-refractivity contribution in [2.24, 2.45) is 5.50 Å². The van der Waals surface area contributed by atoms with Gasteiger partial charge in [0.05, 0.1) is 12.4 Å². The number of aliphatic carboxylic acids is 2. The van der Waals surface area contributed by atoms with Crippen molar-refractivity contribution in [2.75, 3.05) is 18.8 Å². The van der Waals surface area contributed by atoms with Crippen LogP contribution in [0.3, 0.4) is 0 Å². The van der Waals surface area contributed by atoms with E-state index in [4.69, 9.17) is 35.0 Å². The Morgan fingerprint density at radius 1 is 1.17 bits per heavy atom. The highest BCUT2D eigenvalue weighted by Gasteiger charge is 2.42. The maximum Gasteiger partial charge on any atom is 0.397 e. The van der Waals surface area contributed by atoms with Crippen molar-refractivity contribution in [3.63, 3.8) is 0 Å². The number of nitrogen functional groups attached to an aromatic ring is 1. The summed E-state index contributed by atoms with van der Waals surface area (Å²) in [7, 11) is -4.14. The standard InChI is InChI=1S/C18H26N6O7.H4NO3P/c19-16-14-17(21-8-20-16)24(9-22-14)11-7-10(25)15(31-11)18(30)23(5-1-3-12(26)27)6-2-4-13(28)29;1-5(2,3)4/h8-11,15,18,25,30H,1-7H2,(H,26,27)(H,28,29)(H2,19,20,21);(H4,1,2,3,4)/t10-,11+,15-,18?;/m0./s1. The Morgan fingerprint density at radius 2 is 1.72 bits per heavy atom. The van der Waals surface area contributed by atoms with Crippen LogP contribution in [0.15, 0.2) is 12.7 Å². The highest BCUT2D eigenvalue weighted by Crippen LogP contribution is 2.33. The van der Waals surface area contributed by atoms with Crippen molar-refractivity contribution in [1.29, 1.82) is 0 Å². The van der Waals surface area contributed by atoms with E-state index < -0.39 is 44.3 Å². The second-order valence-electron chi connectivity index (χ2n) is 7.97. The van der Waals surface area contributed by atoms with Gasteiger partial charge in [-0.05, 0) is 12.8 Å². The summed E-state index contributed by atoms with van der Waals surface area (Å²) in [6.45, 7) is 0.421. The number of carbonyl (C=O) groups is 2. The molecule has 36 heavy (non-hydrogen) atoms. The predicted octanol–water partition coefficient (Wildman–Crippen LogP) is -1.56. The van der Waals surface area contributed by atoms with Gasteiger partial charge in [-0.15, -0.1) is 0 Å². The van der Waals surface area contributed by atoms with Crippen molar-refractivity contribution in [3.05, 3.63) is 12.7 Å². The summed E-state index contributed by atoms with van der Waals surface area (Å²) in [5, 5.41) is 39.1. The first kappa shape index (κ1) is 29.5. The van der Waals surface area contributed by atoms with E-state index in [2.05, 4.69) is 20.5 Å². The summed E-state index contributed by atoms with van der Waals surface area (Å²) in [5.41, 5.74) is 10.6. The first-order chi connectivity index (χ1) is 16.8. The molecule has 2 aromatic heterocycles. The van der Waals surface area contributed by atoms with Crippen molar-refractivity contribution < 1.29 is 49.1 Å². The molecule has 1 saturated heterocycles. The Bertz CT molecular complexity index is 1050. The van der Waals surface area contributed by atoms with Gasteiger partial charge in [0, 0.05) is 32.4 Å². The van der Waals surface area contributed by atoms with Crippen LogP contribution in [0.25, 0.3) is 11.2 Å². The molecule has 0 bridgehead atoms. The highest BCUT2D eigenvalue weighted by molar-refractivity contribution is 7.49. The summed E-state index contributed by atoms with van der Waals surface area (Å²) >= 11 is 0. The van der Waals surface area contributed by atoms with Gasteiger partial charge in [-0.1, -0.05) is 0 Å². The minimum atomic E-state index is -4.14. The summed E-state index contributed by atoms with van der Waals surface area (Å²) in [4.78, 5) is 50.2. The zero-order chi connectivity index (χ0) is 27.0. The average Bonchev–Trinajstić information content (AvgIpc) is 3.35. The Kier molecular flexibility index (Phi) is 10.6. The van der Waals surface area contributed by atoms with E-state index in [1.807, 2.05) is 0 Å². The van der Waals surface area contributed by atoms with Crippen LogP contribution >= 0.6 is 7.75 Å². The first-order valence-corrected chi connectivity index (χ1v) is 12.4.